The molecule has 2 aliphatic heterocycles. The van der Waals surface area contributed by atoms with Gasteiger partial charge < -0.3 is 9.64 Å². The van der Waals surface area contributed by atoms with E-state index in [2.05, 4.69) is 35.6 Å². The van der Waals surface area contributed by atoms with Gasteiger partial charge in [0.2, 0.25) is 0 Å². The lowest BCUT2D eigenvalue weighted by Crippen LogP contribution is -2.58. The molecule has 8 nitrogen and oxygen atoms in total. The van der Waals surface area contributed by atoms with E-state index in [0.29, 0.717) is 17.9 Å². The molecule has 5 rings (SSSR count). The zero-order valence-electron chi connectivity index (χ0n) is 18.4. The number of rotatable bonds is 4. The van der Waals surface area contributed by atoms with Gasteiger partial charge in [0, 0.05) is 42.5 Å². The number of nitrogens with zero attached hydrogens (tertiary/aromatic N) is 2. The lowest BCUT2D eigenvalue weighted by atomic mass is 9.76. The van der Waals surface area contributed by atoms with Gasteiger partial charge in [-0.1, -0.05) is 24.3 Å². The Kier molecular flexibility index (Phi) is 4.48. The molecule has 1 atom stereocenters. The van der Waals surface area contributed by atoms with E-state index in [1.807, 2.05) is 19.2 Å². The molecule has 0 saturated heterocycles. The van der Waals surface area contributed by atoms with E-state index in [9.17, 15) is 18.5 Å². The highest BCUT2D eigenvalue weighted by atomic mass is 32.2. The standard InChI is InChI=1S/C24H23N3O5S/c1-23(2)20-9-4-5-10-21(20)26(3)24(23)15-16-13-17(11-12-22(16)32-24)25-33(30,31)19-8-6-7-18(14-19)27(28)29/h4-14,25H,15H2,1-3H3. The molecule has 1 N–H and O–H groups in total. The molecule has 170 valence electrons. The van der Waals surface area contributed by atoms with Gasteiger partial charge in [-0.2, -0.15) is 0 Å². The zero-order chi connectivity index (χ0) is 23.6. The van der Waals surface area contributed by atoms with Crippen molar-refractivity contribution in [1.82, 2.24) is 0 Å². The molecule has 3 aromatic rings. The summed E-state index contributed by atoms with van der Waals surface area (Å²) in [6.07, 6.45) is 0.576. The van der Waals surface area contributed by atoms with Gasteiger partial charge in [-0.3, -0.25) is 14.8 Å². The Labute approximate surface area is 192 Å². The van der Waals surface area contributed by atoms with Gasteiger partial charge in [0.15, 0.2) is 5.72 Å². The average molecular weight is 466 g/mol. The molecule has 2 heterocycles. The third kappa shape index (κ3) is 3.06. The first-order chi connectivity index (χ1) is 15.5. The molecule has 0 bridgehead atoms. The SMILES string of the molecule is CN1c2ccccc2C(C)(C)C12Cc1cc(NS(=O)(=O)c3cccc([N+](=O)[O-])c3)ccc1O2. The topological polar surface area (TPSA) is 102 Å². The van der Waals surface area contributed by atoms with Crippen molar-refractivity contribution in [2.75, 3.05) is 16.7 Å². The van der Waals surface area contributed by atoms with E-state index in [1.54, 1.807) is 18.2 Å². The molecular formula is C24H23N3O5S. The summed E-state index contributed by atoms with van der Waals surface area (Å²) in [4.78, 5) is 12.4. The number of para-hydroxylation sites is 1. The van der Waals surface area contributed by atoms with Gasteiger partial charge in [-0.25, -0.2) is 8.42 Å². The van der Waals surface area contributed by atoms with Crippen LogP contribution in [-0.2, 0) is 21.9 Å². The van der Waals surface area contributed by atoms with Gasteiger partial charge in [-0.15, -0.1) is 0 Å². The van der Waals surface area contributed by atoms with Crippen LogP contribution >= 0.6 is 0 Å². The second kappa shape index (κ2) is 6.95. The third-order valence-corrected chi connectivity index (χ3v) is 8.20. The normalized spacial score (nSPS) is 20.3. The van der Waals surface area contributed by atoms with Crippen LogP contribution in [0.2, 0.25) is 0 Å². The number of benzene rings is 3. The van der Waals surface area contributed by atoms with Crippen molar-refractivity contribution < 1.29 is 18.1 Å². The Hall–Kier alpha value is -3.59. The molecule has 0 amide bonds. The maximum absolute atomic E-state index is 12.9. The number of fused-ring (bicyclic) bond motifs is 2. The number of nitro benzene ring substituents is 1. The lowest BCUT2D eigenvalue weighted by molar-refractivity contribution is -0.385. The first-order valence-corrected chi connectivity index (χ1v) is 12.0. The molecule has 33 heavy (non-hydrogen) atoms. The second-order valence-corrected chi connectivity index (χ2v) is 10.6. The Morgan fingerprint density at radius 2 is 1.82 bits per heavy atom. The summed E-state index contributed by atoms with van der Waals surface area (Å²) in [5.41, 5.74) is 2.36. The smallest absolute Gasteiger partial charge is 0.270 e. The Morgan fingerprint density at radius 3 is 2.55 bits per heavy atom. The number of likely N-dealkylation sites (N-methyl/N-ethyl adjacent to an activating group) is 1. The van der Waals surface area contributed by atoms with Crippen molar-refractivity contribution in [2.24, 2.45) is 0 Å². The van der Waals surface area contributed by atoms with Gasteiger partial charge in [-0.05, 0) is 49.7 Å². The fraction of sp³-hybridized carbons (Fsp3) is 0.250. The fourth-order valence-corrected chi connectivity index (χ4v) is 6.08. The molecule has 1 spiro atoms. The molecule has 9 heteroatoms. The monoisotopic (exact) mass is 465 g/mol. The number of non-ortho nitro benzene ring substituents is 1. The zero-order valence-corrected chi connectivity index (χ0v) is 19.2. The Bertz CT molecular complexity index is 1400. The van der Waals surface area contributed by atoms with E-state index in [-0.39, 0.29) is 16.0 Å². The van der Waals surface area contributed by atoms with Crippen LogP contribution in [0.3, 0.4) is 0 Å². The van der Waals surface area contributed by atoms with Crippen molar-refractivity contribution in [2.45, 2.75) is 36.3 Å². The highest BCUT2D eigenvalue weighted by Gasteiger charge is 2.60. The Morgan fingerprint density at radius 1 is 1.06 bits per heavy atom. The molecule has 2 aliphatic rings. The summed E-state index contributed by atoms with van der Waals surface area (Å²) < 4.78 is 34.8. The van der Waals surface area contributed by atoms with E-state index < -0.39 is 20.7 Å². The van der Waals surface area contributed by atoms with Crippen LogP contribution in [0.5, 0.6) is 5.75 Å². The summed E-state index contributed by atoms with van der Waals surface area (Å²) in [5.74, 6) is 0.709. The largest absolute Gasteiger partial charge is 0.466 e. The van der Waals surface area contributed by atoms with E-state index in [0.717, 1.165) is 17.3 Å². The number of hydrogen-bond donors (Lipinski definition) is 1. The summed E-state index contributed by atoms with van der Waals surface area (Å²) in [6.45, 7) is 4.32. The predicted molar refractivity (Wildman–Crippen MR) is 125 cm³/mol. The first kappa shape index (κ1) is 21.3. The van der Waals surface area contributed by atoms with Crippen LogP contribution < -0.4 is 14.4 Å². The van der Waals surface area contributed by atoms with Crippen LogP contribution in [0, 0.1) is 10.1 Å². The highest BCUT2D eigenvalue weighted by Crippen LogP contribution is 2.56. The van der Waals surface area contributed by atoms with Crippen molar-refractivity contribution in [3.8, 4) is 5.75 Å². The number of hydrogen-bond acceptors (Lipinski definition) is 6. The van der Waals surface area contributed by atoms with Crippen LogP contribution in [0.15, 0.2) is 71.6 Å². The van der Waals surface area contributed by atoms with E-state index in [4.69, 9.17) is 4.74 Å². The van der Waals surface area contributed by atoms with Gasteiger partial charge in [0.25, 0.3) is 15.7 Å². The van der Waals surface area contributed by atoms with Crippen molar-refractivity contribution in [3.05, 3.63) is 88.0 Å². The van der Waals surface area contributed by atoms with Crippen molar-refractivity contribution in [1.29, 1.82) is 0 Å². The molecule has 3 aromatic carbocycles. The van der Waals surface area contributed by atoms with E-state index in [1.165, 1.54) is 23.8 Å². The molecule has 0 aliphatic carbocycles. The van der Waals surface area contributed by atoms with Gasteiger partial charge in [0.05, 0.1) is 15.2 Å². The van der Waals surface area contributed by atoms with Crippen molar-refractivity contribution >= 4 is 27.1 Å². The molecule has 0 aromatic heterocycles. The quantitative estimate of drug-likeness (QED) is 0.451. The number of nitro groups is 1. The third-order valence-electron chi connectivity index (χ3n) is 6.82. The van der Waals surface area contributed by atoms with Crippen LogP contribution in [0.25, 0.3) is 0 Å². The minimum Gasteiger partial charge on any atom is -0.466 e. The summed E-state index contributed by atoms with van der Waals surface area (Å²) >= 11 is 0. The maximum Gasteiger partial charge on any atom is 0.270 e. The minimum absolute atomic E-state index is 0.169. The highest BCUT2D eigenvalue weighted by molar-refractivity contribution is 7.92. The average Bonchev–Trinajstić information content (AvgIpc) is 3.25. The number of sulfonamides is 1. The molecule has 0 saturated carbocycles. The van der Waals surface area contributed by atoms with Crippen LogP contribution in [0.4, 0.5) is 17.1 Å². The second-order valence-electron chi connectivity index (χ2n) is 8.95. The predicted octanol–water partition coefficient (Wildman–Crippen LogP) is 4.45. The van der Waals surface area contributed by atoms with Gasteiger partial charge >= 0.3 is 0 Å². The van der Waals surface area contributed by atoms with Gasteiger partial charge in [0.1, 0.15) is 5.75 Å². The van der Waals surface area contributed by atoms with E-state index >= 15 is 0 Å². The maximum atomic E-state index is 12.9. The Balaban J connectivity index is 1.46. The molecule has 1 unspecified atom stereocenters. The fourth-order valence-electron chi connectivity index (χ4n) is 4.99. The minimum atomic E-state index is -4.00. The number of nitrogens with one attached hydrogen (secondary N) is 1. The van der Waals surface area contributed by atoms with Crippen molar-refractivity contribution in [3.63, 3.8) is 0 Å². The van der Waals surface area contributed by atoms with Crippen LogP contribution in [-0.4, -0.2) is 26.1 Å². The lowest BCUT2D eigenvalue weighted by Gasteiger charge is -2.42. The molecule has 0 fully saturated rings. The molecular weight excluding hydrogens is 442 g/mol. The number of anilines is 2. The summed E-state index contributed by atoms with van der Waals surface area (Å²) in [7, 11) is -1.98. The van der Waals surface area contributed by atoms with Crippen LogP contribution in [0.1, 0.15) is 25.0 Å². The molecule has 0 radical (unpaired) electrons. The first-order valence-electron chi connectivity index (χ1n) is 10.5. The summed E-state index contributed by atoms with van der Waals surface area (Å²) in [6, 6.07) is 18.4. The number of ether oxygens (including phenoxy) is 1. The summed E-state index contributed by atoms with van der Waals surface area (Å²) in [5, 5.41) is 11.0.